The van der Waals surface area contributed by atoms with Crippen molar-refractivity contribution >= 4 is 5.78 Å². The first-order valence-electron chi connectivity index (χ1n) is 8.01. The summed E-state index contributed by atoms with van der Waals surface area (Å²) in [4.78, 5) is 24.2. The normalized spacial score (nSPS) is 11.5. The SMILES string of the molecule is CC(C)c1c(-c2cnn(Cc3cccnc3)c2)[nH]c2ncnn2c1=O. The maximum Gasteiger partial charge on any atom is 0.279 e. The Kier molecular flexibility index (Phi) is 3.64. The summed E-state index contributed by atoms with van der Waals surface area (Å²) in [7, 11) is 0. The molecule has 0 saturated heterocycles. The third kappa shape index (κ3) is 2.71. The maximum absolute atomic E-state index is 12.7. The molecule has 1 N–H and O–H groups in total. The van der Waals surface area contributed by atoms with Gasteiger partial charge >= 0.3 is 0 Å². The van der Waals surface area contributed by atoms with Gasteiger partial charge in [0.15, 0.2) is 0 Å². The topological polar surface area (TPSA) is 93.8 Å². The minimum Gasteiger partial charge on any atom is -0.323 e. The molecule has 0 amide bonds. The maximum atomic E-state index is 12.7. The lowest BCUT2D eigenvalue weighted by Crippen LogP contribution is -2.22. The Morgan fingerprint density at radius 3 is 2.88 bits per heavy atom. The van der Waals surface area contributed by atoms with Crippen molar-refractivity contribution in [3.8, 4) is 11.3 Å². The molecule has 0 aromatic carbocycles. The van der Waals surface area contributed by atoms with Gasteiger partial charge in [-0.25, -0.2) is 0 Å². The van der Waals surface area contributed by atoms with Crippen LogP contribution in [0.25, 0.3) is 17.0 Å². The average molecular weight is 335 g/mol. The van der Waals surface area contributed by atoms with Gasteiger partial charge in [-0.15, -0.1) is 0 Å². The number of fused-ring (bicyclic) bond motifs is 1. The molecule has 0 aliphatic carbocycles. The standard InChI is InChI=1S/C17H17N7O/c1-11(2)14-15(22-17-19-10-21-24(17)16(14)25)13-7-20-23(9-13)8-12-4-3-5-18-6-12/h3-7,9-11H,8H2,1-2H3,(H,19,21,22). The van der Waals surface area contributed by atoms with Crippen LogP contribution in [-0.4, -0.2) is 34.3 Å². The summed E-state index contributed by atoms with van der Waals surface area (Å²) in [6, 6.07) is 3.89. The van der Waals surface area contributed by atoms with Crippen LogP contribution in [0.4, 0.5) is 0 Å². The Bertz CT molecular complexity index is 1080. The van der Waals surface area contributed by atoms with Crippen LogP contribution in [0.1, 0.15) is 30.9 Å². The van der Waals surface area contributed by atoms with Crippen LogP contribution in [0.2, 0.25) is 0 Å². The highest BCUT2D eigenvalue weighted by atomic mass is 16.1. The van der Waals surface area contributed by atoms with Crippen LogP contribution >= 0.6 is 0 Å². The van der Waals surface area contributed by atoms with Gasteiger partial charge in [-0.2, -0.15) is 19.7 Å². The molecule has 0 unspecified atom stereocenters. The zero-order chi connectivity index (χ0) is 17.4. The number of hydrogen-bond acceptors (Lipinski definition) is 5. The van der Waals surface area contributed by atoms with Crippen molar-refractivity contribution in [1.82, 2.24) is 34.3 Å². The number of hydrogen-bond donors (Lipinski definition) is 1. The molecule has 0 radical (unpaired) electrons. The van der Waals surface area contributed by atoms with Gasteiger partial charge in [-0.1, -0.05) is 19.9 Å². The zero-order valence-corrected chi connectivity index (χ0v) is 13.9. The van der Waals surface area contributed by atoms with Crippen molar-refractivity contribution in [1.29, 1.82) is 0 Å². The van der Waals surface area contributed by atoms with E-state index in [1.54, 1.807) is 12.4 Å². The molecule has 0 saturated carbocycles. The minimum absolute atomic E-state index is 0.0361. The summed E-state index contributed by atoms with van der Waals surface area (Å²) < 4.78 is 3.11. The van der Waals surface area contributed by atoms with E-state index in [4.69, 9.17) is 0 Å². The molecule has 0 aliphatic heterocycles. The molecule has 126 valence electrons. The molecule has 4 aromatic rings. The Morgan fingerprint density at radius 2 is 2.12 bits per heavy atom. The number of aromatic amines is 1. The lowest BCUT2D eigenvalue weighted by atomic mass is 10.0. The van der Waals surface area contributed by atoms with Crippen molar-refractivity contribution in [2.45, 2.75) is 26.3 Å². The van der Waals surface area contributed by atoms with Crippen LogP contribution in [-0.2, 0) is 6.54 Å². The largest absolute Gasteiger partial charge is 0.323 e. The predicted octanol–water partition coefficient (Wildman–Crippen LogP) is 1.85. The first-order valence-corrected chi connectivity index (χ1v) is 8.01. The third-order valence-corrected chi connectivity index (χ3v) is 4.04. The van der Waals surface area contributed by atoms with Gasteiger partial charge in [0, 0.05) is 29.7 Å². The Labute approximate surface area is 143 Å². The minimum atomic E-state index is -0.156. The molecule has 25 heavy (non-hydrogen) atoms. The summed E-state index contributed by atoms with van der Waals surface area (Å²) >= 11 is 0. The van der Waals surface area contributed by atoms with Crippen molar-refractivity contribution in [2.75, 3.05) is 0 Å². The van der Waals surface area contributed by atoms with Crippen molar-refractivity contribution in [2.24, 2.45) is 0 Å². The second-order valence-electron chi connectivity index (χ2n) is 6.16. The molecule has 4 heterocycles. The number of nitrogens with zero attached hydrogens (tertiary/aromatic N) is 6. The molecule has 0 aliphatic rings. The zero-order valence-electron chi connectivity index (χ0n) is 13.9. The fourth-order valence-corrected chi connectivity index (χ4v) is 2.90. The van der Waals surface area contributed by atoms with E-state index < -0.39 is 0 Å². The molecular weight excluding hydrogens is 318 g/mol. The lowest BCUT2D eigenvalue weighted by molar-refractivity contribution is 0.685. The van der Waals surface area contributed by atoms with Crippen LogP contribution in [0.3, 0.4) is 0 Å². The second kappa shape index (κ2) is 5.97. The van der Waals surface area contributed by atoms with E-state index in [2.05, 4.69) is 25.1 Å². The van der Waals surface area contributed by atoms with E-state index in [1.165, 1.54) is 10.8 Å². The van der Waals surface area contributed by atoms with Gasteiger partial charge in [-0.3, -0.25) is 14.5 Å². The van der Waals surface area contributed by atoms with Gasteiger partial charge in [0.2, 0.25) is 5.78 Å². The number of aromatic nitrogens is 7. The van der Waals surface area contributed by atoms with E-state index in [0.29, 0.717) is 17.9 Å². The molecule has 0 atom stereocenters. The molecule has 8 heteroatoms. The van der Waals surface area contributed by atoms with Crippen LogP contribution in [0.5, 0.6) is 0 Å². The fourth-order valence-electron chi connectivity index (χ4n) is 2.90. The van der Waals surface area contributed by atoms with E-state index in [9.17, 15) is 4.79 Å². The molecule has 4 aromatic heterocycles. The van der Waals surface area contributed by atoms with Crippen LogP contribution in [0, 0.1) is 0 Å². The van der Waals surface area contributed by atoms with Gasteiger partial charge in [0.25, 0.3) is 5.56 Å². The van der Waals surface area contributed by atoms with Gasteiger partial charge in [-0.05, 0) is 17.5 Å². The molecule has 0 bridgehead atoms. The average Bonchev–Trinajstić information content (AvgIpc) is 3.24. The van der Waals surface area contributed by atoms with E-state index in [1.807, 2.05) is 43.1 Å². The summed E-state index contributed by atoms with van der Waals surface area (Å²) in [5.41, 5.74) is 3.14. The smallest absolute Gasteiger partial charge is 0.279 e. The van der Waals surface area contributed by atoms with Gasteiger partial charge < -0.3 is 4.98 Å². The van der Waals surface area contributed by atoms with Gasteiger partial charge in [0.05, 0.1) is 18.4 Å². The fraction of sp³-hybridized carbons (Fsp3) is 0.235. The van der Waals surface area contributed by atoms with Gasteiger partial charge in [0.1, 0.15) is 6.33 Å². The first-order chi connectivity index (χ1) is 12.1. The highest BCUT2D eigenvalue weighted by Gasteiger charge is 2.18. The summed E-state index contributed by atoms with van der Waals surface area (Å²) in [5.74, 6) is 0.457. The van der Waals surface area contributed by atoms with Crippen LogP contribution < -0.4 is 5.56 Å². The lowest BCUT2D eigenvalue weighted by Gasteiger charge is -2.10. The predicted molar refractivity (Wildman–Crippen MR) is 92.3 cm³/mol. The first kappa shape index (κ1) is 15.3. The Balaban J connectivity index is 1.79. The Morgan fingerprint density at radius 1 is 1.24 bits per heavy atom. The highest BCUT2D eigenvalue weighted by molar-refractivity contribution is 5.63. The molecule has 4 rings (SSSR count). The quantitative estimate of drug-likeness (QED) is 0.614. The Hall–Kier alpha value is -3.29. The van der Waals surface area contributed by atoms with E-state index in [0.717, 1.165) is 16.8 Å². The van der Waals surface area contributed by atoms with E-state index in [-0.39, 0.29) is 11.5 Å². The molecule has 8 nitrogen and oxygen atoms in total. The number of pyridine rings is 1. The second-order valence-corrected chi connectivity index (χ2v) is 6.16. The molecule has 0 fully saturated rings. The molecular formula is C17H17N7O. The summed E-state index contributed by atoms with van der Waals surface area (Å²) in [6.07, 6.45) is 8.58. The third-order valence-electron chi connectivity index (χ3n) is 4.04. The summed E-state index contributed by atoms with van der Waals surface area (Å²) in [5, 5.41) is 8.40. The number of H-pyrrole nitrogens is 1. The van der Waals surface area contributed by atoms with Crippen molar-refractivity contribution in [3.63, 3.8) is 0 Å². The van der Waals surface area contributed by atoms with E-state index >= 15 is 0 Å². The number of rotatable bonds is 4. The molecule has 0 spiro atoms. The van der Waals surface area contributed by atoms with Crippen molar-refractivity contribution in [3.05, 3.63) is 64.7 Å². The highest BCUT2D eigenvalue weighted by Crippen LogP contribution is 2.24. The monoisotopic (exact) mass is 335 g/mol. The summed E-state index contributed by atoms with van der Waals surface area (Å²) in [6.45, 7) is 4.58. The number of nitrogens with one attached hydrogen (secondary N) is 1. The van der Waals surface area contributed by atoms with Crippen molar-refractivity contribution < 1.29 is 0 Å². The van der Waals surface area contributed by atoms with Crippen LogP contribution in [0.15, 0.2) is 48.0 Å².